The SMILES string of the molecule is CC.CC.CC(C)(C)N1CC=CCC1.CC(C)N1C=CCCC1.[Ar].[Ar].[CH3-].[CH3-].[Y].[Y].[Y].[Y].[Y].[Y].[Y].[Y].[Y].[Y].[Y].[Y].[Y]. The number of rotatable bonds is 1. The summed E-state index contributed by atoms with van der Waals surface area (Å²) < 4.78 is 0. The maximum atomic E-state index is 2.49. The van der Waals surface area contributed by atoms with E-state index in [-0.39, 0.29) is 516 Å². The van der Waals surface area contributed by atoms with Crippen LogP contribution in [-0.4, -0.2) is 41.0 Å². The van der Waals surface area contributed by atoms with Gasteiger partial charge in [0.15, 0.2) is 0 Å². The molecule has 0 aromatic carbocycles. The average Bonchev–Trinajstić information content (AvgIpc) is 2.60. The van der Waals surface area contributed by atoms with Crippen molar-refractivity contribution in [2.45, 2.75) is 93.2 Å². The summed E-state index contributed by atoms with van der Waals surface area (Å²) in [6.45, 7) is 22.9. The largest absolute Gasteiger partial charge is 0.375 e. The Balaban J connectivity index is -0.00000000835. The zero-order chi connectivity index (χ0) is 18.3. The molecule has 2 aliphatic rings. The van der Waals surface area contributed by atoms with Crippen molar-refractivity contribution in [3.8, 4) is 0 Å². The molecule has 0 bridgehead atoms. The summed E-state index contributed by atoms with van der Waals surface area (Å²) >= 11 is 0. The number of allylic oxidation sites excluding steroid dienone is 1. The van der Waals surface area contributed by atoms with Crippen molar-refractivity contribution in [1.82, 2.24) is 9.80 Å². The van der Waals surface area contributed by atoms with Crippen LogP contribution in [0.15, 0.2) is 24.4 Å². The third-order valence-electron chi connectivity index (χ3n) is 3.75. The molecular weight excluding hydrogens is 1540 g/mol. The Bertz CT molecular complexity index is 344. The van der Waals surface area contributed by atoms with E-state index in [2.05, 4.69) is 68.8 Å². The van der Waals surface area contributed by atoms with E-state index in [0.717, 1.165) is 6.54 Å². The van der Waals surface area contributed by atoms with E-state index < -0.39 is 0 Å². The Hall–Kier alpha value is 16.1. The summed E-state index contributed by atoms with van der Waals surface area (Å²) in [7, 11) is 0. The molecule has 0 saturated heterocycles. The molecule has 0 aromatic heterocycles. The molecule has 0 spiro atoms. The van der Waals surface area contributed by atoms with E-state index >= 15 is 0 Å². The molecule has 2 heterocycles. The van der Waals surface area contributed by atoms with Gasteiger partial charge in [0.25, 0.3) is 0 Å². The van der Waals surface area contributed by atoms with E-state index in [1.165, 1.54) is 32.4 Å². The van der Waals surface area contributed by atoms with Gasteiger partial charge in [-0.15, -0.1) is 0 Å². The molecule has 0 aromatic rings. The number of hydrogen-bond acceptors (Lipinski definition) is 2. The normalized spacial score (nSPS) is 10.0. The molecule has 2 rings (SSSR count). The molecule has 17 heteroatoms. The van der Waals surface area contributed by atoms with Crippen LogP contribution >= 0.6 is 0 Å². The van der Waals surface area contributed by atoms with Gasteiger partial charge in [0.1, 0.15) is 0 Å². The minimum Gasteiger partial charge on any atom is -0.375 e. The van der Waals surface area contributed by atoms with E-state index in [1.807, 2.05) is 27.7 Å². The van der Waals surface area contributed by atoms with Crippen molar-refractivity contribution in [1.29, 1.82) is 0 Å². The van der Waals surface area contributed by atoms with Crippen LogP contribution in [0.1, 0.15) is 81.6 Å². The first-order valence-electron chi connectivity index (χ1n) is 9.73. The smallest absolute Gasteiger partial charge is 0.0227 e. The third-order valence-corrected chi connectivity index (χ3v) is 3.75. The molecule has 0 N–H and O–H groups in total. The van der Waals surface area contributed by atoms with Gasteiger partial charge in [-0.2, -0.15) is 0 Å². The predicted octanol–water partition coefficient (Wildman–Crippen LogP) is 6.97. The summed E-state index contributed by atoms with van der Waals surface area (Å²) in [6.07, 6.45) is 12.8. The van der Waals surface area contributed by atoms with Gasteiger partial charge in [0, 0.05) is 532 Å². The molecule has 209 valence electrons. The van der Waals surface area contributed by atoms with Crippen LogP contribution < -0.4 is 0 Å². The van der Waals surface area contributed by atoms with Crippen LogP contribution in [0.2, 0.25) is 0 Å². The number of nitrogens with zero attached hydrogens (tertiary/aromatic N) is 2. The maximum absolute atomic E-state index is 2.49. The van der Waals surface area contributed by atoms with Crippen LogP contribution in [0.25, 0.3) is 0 Å². The van der Waals surface area contributed by atoms with Gasteiger partial charge < -0.3 is 19.8 Å². The molecule has 0 unspecified atom stereocenters. The number of hydrogen-bond donors (Lipinski definition) is 0. The molecule has 0 atom stereocenters. The van der Waals surface area contributed by atoms with Crippen LogP contribution in [0.4, 0.5) is 0 Å². The van der Waals surface area contributed by atoms with Crippen LogP contribution in [-0.2, 0) is 425 Å². The van der Waals surface area contributed by atoms with Gasteiger partial charge in [0.05, 0.1) is 0 Å². The molecular formula is C23H50Ar2N2Y13-2. The third kappa shape index (κ3) is 86.1. The predicted molar refractivity (Wildman–Crippen MR) is 121 cm³/mol. The topological polar surface area (TPSA) is 6.48 Å². The fourth-order valence-electron chi connectivity index (χ4n) is 2.36. The van der Waals surface area contributed by atoms with E-state index in [4.69, 9.17) is 0 Å². The fraction of sp³-hybridized carbons (Fsp3) is 0.739. The molecule has 40 heavy (non-hydrogen) atoms. The molecule has 13 radical (unpaired) electrons. The van der Waals surface area contributed by atoms with E-state index in [9.17, 15) is 0 Å². The monoisotopic (exact) mass is 1590 g/mol. The quantitative estimate of drug-likeness (QED) is 0.207. The Morgan fingerprint density at radius 3 is 1.05 bits per heavy atom. The molecule has 0 saturated carbocycles. The Morgan fingerprint density at radius 2 is 0.900 bits per heavy atom. The first-order chi connectivity index (χ1) is 10.9. The minimum atomic E-state index is 0. The van der Waals surface area contributed by atoms with Gasteiger partial charge in [-0.3, -0.25) is 4.90 Å². The summed E-state index contributed by atoms with van der Waals surface area (Å²) in [5.74, 6) is 0. The second-order valence-corrected chi connectivity index (χ2v) is 6.74. The van der Waals surface area contributed by atoms with Crippen LogP contribution in [0.5, 0.6) is 0 Å². The van der Waals surface area contributed by atoms with Gasteiger partial charge in [-0.25, -0.2) is 0 Å². The van der Waals surface area contributed by atoms with Crippen molar-refractivity contribution in [2.24, 2.45) is 0 Å². The first-order valence-corrected chi connectivity index (χ1v) is 9.73. The van der Waals surface area contributed by atoms with E-state index in [1.54, 1.807) is 0 Å². The fourth-order valence-corrected chi connectivity index (χ4v) is 2.36. The zero-order valence-corrected chi connectivity index (χ0v) is 66.0. The van der Waals surface area contributed by atoms with Crippen molar-refractivity contribution < 1.29 is 501 Å². The van der Waals surface area contributed by atoms with Gasteiger partial charge in [-0.1, -0.05) is 45.9 Å². The van der Waals surface area contributed by atoms with Crippen molar-refractivity contribution in [3.63, 3.8) is 0 Å². The minimum absolute atomic E-state index is 0. The van der Waals surface area contributed by atoms with Crippen LogP contribution in [0.3, 0.4) is 0 Å². The van der Waals surface area contributed by atoms with Gasteiger partial charge >= 0.3 is 0 Å². The summed E-state index contributed by atoms with van der Waals surface area (Å²) in [6, 6.07) is 0.682. The second-order valence-electron chi connectivity index (χ2n) is 6.74. The van der Waals surface area contributed by atoms with Crippen molar-refractivity contribution in [3.05, 3.63) is 39.3 Å². The summed E-state index contributed by atoms with van der Waals surface area (Å²) in [4.78, 5) is 4.87. The Morgan fingerprint density at radius 1 is 0.550 bits per heavy atom. The molecule has 2 nitrogen and oxygen atoms in total. The average molecular weight is 1590 g/mol. The summed E-state index contributed by atoms with van der Waals surface area (Å²) in [5, 5.41) is 0. The van der Waals surface area contributed by atoms with Crippen LogP contribution in [0, 0.1) is 90.3 Å². The molecule has 0 aliphatic carbocycles. The zero-order valence-electron chi connectivity index (χ0n) is 27.7. The molecule has 2 aliphatic heterocycles. The molecule has 0 amide bonds. The summed E-state index contributed by atoms with van der Waals surface area (Å²) in [5.41, 5.74) is 0.352. The maximum Gasteiger partial charge on any atom is 0.0227 e. The Labute approximate surface area is 642 Å². The van der Waals surface area contributed by atoms with Gasteiger partial charge in [0.2, 0.25) is 0 Å². The molecule has 0 fully saturated rings. The van der Waals surface area contributed by atoms with Gasteiger partial charge in [-0.05, 0) is 60.1 Å². The second kappa shape index (κ2) is 95.5. The first kappa shape index (κ1) is 124. The standard InChI is InChI=1S/C9H17N.C8H15N.2C2H6.2CH3.2Ar.13Y/c1-9(2,3)10-7-5-4-6-8-10;1-8(2)9-6-4-3-5-7-9;2*1-2;;;;;;;;;;;;;;;;;/h4-5H,6-8H2,1-3H3;4,6,8H,3,5,7H2,1-2H3;2*1-2H3;2*1H3;;;;;;;;;;;;;;;/q;;;;2*-1;;;;;;;;;;;;;;;. The van der Waals surface area contributed by atoms with Crippen molar-refractivity contribution in [2.75, 3.05) is 19.6 Å². The van der Waals surface area contributed by atoms with E-state index in [0.29, 0.717) is 11.6 Å². The van der Waals surface area contributed by atoms with Crippen molar-refractivity contribution >= 4 is 0 Å². The Kier molecular flexibility index (Phi) is 295.